The van der Waals surface area contributed by atoms with Gasteiger partial charge in [0.1, 0.15) is 12.4 Å². The van der Waals surface area contributed by atoms with E-state index in [1.165, 1.54) is 6.26 Å². The fourth-order valence-electron chi connectivity index (χ4n) is 2.00. The van der Waals surface area contributed by atoms with E-state index in [9.17, 15) is 13.2 Å². The molecule has 0 bridgehead atoms. The van der Waals surface area contributed by atoms with Crippen molar-refractivity contribution >= 4 is 15.7 Å². The highest BCUT2D eigenvalue weighted by Gasteiger charge is 2.15. The van der Waals surface area contributed by atoms with Crippen LogP contribution in [0.1, 0.15) is 11.4 Å². The number of imidazole rings is 1. The summed E-state index contributed by atoms with van der Waals surface area (Å²) < 4.78 is 25.1. The Hall–Kier alpha value is -2.15. The third-order valence-electron chi connectivity index (χ3n) is 2.85. The minimum Gasteiger partial charge on any atom is -0.368 e. The van der Waals surface area contributed by atoms with Crippen molar-refractivity contribution in [1.29, 1.82) is 0 Å². The highest BCUT2D eigenvalue weighted by Crippen LogP contribution is 2.18. The maximum atomic E-state index is 11.7. The van der Waals surface area contributed by atoms with Crippen LogP contribution in [0.4, 0.5) is 0 Å². The van der Waals surface area contributed by atoms with Gasteiger partial charge in [0.2, 0.25) is 5.91 Å². The molecule has 1 amide bonds. The van der Waals surface area contributed by atoms with Crippen molar-refractivity contribution in [3.8, 4) is 0 Å². The van der Waals surface area contributed by atoms with E-state index in [2.05, 4.69) is 4.98 Å². The molecule has 0 saturated carbocycles. The van der Waals surface area contributed by atoms with Crippen LogP contribution in [0.2, 0.25) is 0 Å². The minimum absolute atomic E-state index is 0.0242. The molecule has 0 aliphatic carbocycles. The van der Waals surface area contributed by atoms with Gasteiger partial charge in [-0.2, -0.15) is 0 Å². The van der Waals surface area contributed by atoms with Gasteiger partial charge in [0.15, 0.2) is 9.84 Å². The van der Waals surface area contributed by atoms with Crippen molar-refractivity contribution in [2.75, 3.05) is 6.26 Å². The van der Waals surface area contributed by atoms with E-state index in [4.69, 9.17) is 5.73 Å². The molecule has 0 aliphatic rings. The van der Waals surface area contributed by atoms with Crippen LogP contribution in [0.25, 0.3) is 0 Å². The third kappa shape index (κ3) is 3.24. The van der Waals surface area contributed by atoms with E-state index in [-0.39, 0.29) is 11.4 Å². The molecule has 0 atom stereocenters. The lowest BCUT2D eigenvalue weighted by Gasteiger charge is -2.09. The fraction of sp³-hybridized carbons (Fsp3) is 0.231. The van der Waals surface area contributed by atoms with Crippen LogP contribution in [0.5, 0.6) is 0 Å². The number of aromatic nitrogens is 2. The molecule has 0 aliphatic heterocycles. The number of sulfone groups is 1. The number of rotatable bonds is 5. The van der Waals surface area contributed by atoms with Crippen LogP contribution in [-0.4, -0.2) is 30.1 Å². The molecule has 6 nitrogen and oxygen atoms in total. The highest BCUT2D eigenvalue weighted by atomic mass is 32.2. The highest BCUT2D eigenvalue weighted by molar-refractivity contribution is 7.90. The molecule has 7 heteroatoms. The van der Waals surface area contributed by atoms with Crippen LogP contribution in [-0.2, 0) is 27.6 Å². The number of amides is 1. The summed E-state index contributed by atoms with van der Waals surface area (Å²) in [5.41, 5.74) is 5.81. The maximum Gasteiger partial charge on any atom is 0.237 e. The van der Waals surface area contributed by atoms with E-state index in [1.54, 1.807) is 41.2 Å². The first-order valence-corrected chi connectivity index (χ1v) is 7.83. The topological polar surface area (TPSA) is 95.1 Å². The second-order valence-corrected chi connectivity index (χ2v) is 6.48. The van der Waals surface area contributed by atoms with Crippen molar-refractivity contribution < 1.29 is 13.2 Å². The molecular weight excluding hydrogens is 278 g/mol. The molecule has 2 aromatic rings. The van der Waals surface area contributed by atoms with Gasteiger partial charge >= 0.3 is 0 Å². The molecule has 0 spiro atoms. The van der Waals surface area contributed by atoms with Crippen LogP contribution >= 0.6 is 0 Å². The van der Waals surface area contributed by atoms with Gasteiger partial charge in [0, 0.05) is 25.1 Å². The van der Waals surface area contributed by atoms with E-state index >= 15 is 0 Å². The zero-order valence-electron chi connectivity index (χ0n) is 11.0. The number of nitrogens with zero attached hydrogens (tertiary/aromatic N) is 2. The molecule has 106 valence electrons. The molecule has 1 aromatic carbocycles. The predicted octanol–water partition coefficient (Wildman–Crippen LogP) is 0.363. The van der Waals surface area contributed by atoms with E-state index in [0.717, 1.165) is 0 Å². The quantitative estimate of drug-likeness (QED) is 0.861. The largest absolute Gasteiger partial charge is 0.368 e. The summed E-state index contributed by atoms with van der Waals surface area (Å²) in [4.78, 5) is 15.4. The summed E-state index contributed by atoms with van der Waals surface area (Å²) in [7, 11) is -3.30. The smallest absolute Gasteiger partial charge is 0.237 e. The lowest BCUT2D eigenvalue weighted by Crippen LogP contribution is -2.20. The summed E-state index contributed by atoms with van der Waals surface area (Å²) in [5, 5.41) is 0. The molecule has 2 N–H and O–H groups in total. The molecule has 0 unspecified atom stereocenters. The normalized spacial score (nSPS) is 11.4. The maximum absolute atomic E-state index is 11.7. The number of hydrogen-bond donors (Lipinski definition) is 1. The lowest BCUT2D eigenvalue weighted by molar-refractivity contribution is -0.118. The summed E-state index contributed by atoms with van der Waals surface area (Å²) in [5.74, 6) is 0.126. The van der Waals surface area contributed by atoms with Gasteiger partial charge in [0.05, 0.1) is 4.90 Å². The standard InChI is InChI=1S/C13H15N3O3S/c1-20(18,19)11-5-3-2-4-10(11)8-13-15-6-7-16(13)9-12(14)17/h2-7H,8-9H2,1H3,(H2,14,17). The number of hydrogen-bond acceptors (Lipinski definition) is 4. The molecule has 1 aromatic heterocycles. The minimum atomic E-state index is -3.30. The molecule has 0 fully saturated rings. The van der Waals surface area contributed by atoms with Gasteiger partial charge in [-0.25, -0.2) is 13.4 Å². The van der Waals surface area contributed by atoms with Crippen molar-refractivity contribution in [3.05, 3.63) is 48.0 Å². The Bertz CT molecular complexity index is 735. The molecular formula is C13H15N3O3S. The van der Waals surface area contributed by atoms with Crippen molar-refractivity contribution in [1.82, 2.24) is 9.55 Å². The van der Waals surface area contributed by atoms with Gasteiger partial charge < -0.3 is 10.3 Å². The van der Waals surface area contributed by atoms with Gasteiger partial charge in [-0.1, -0.05) is 18.2 Å². The molecule has 2 rings (SSSR count). The Morgan fingerprint density at radius 3 is 2.70 bits per heavy atom. The third-order valence-corrected chi connectivity index (χ3v) is 4.05. The Morgan fingerprint density at radius 2 is 2.05 bits per heavy atom. The SMILES string of the molecule is CS(=O)(=O)c1ccccc1Cc1nccn1CC(N)=O. The van der Waals surface area contributed by atoms with Crippen molar-refractivity contribution in [2.45, 2.75) is 17.9 Å². The summed E-state index contributed by atoms with van der Waals surface area (Å²) in [6, 6.07) is 6.74. The molecule has 1 heterocycles. The monoisotopic (exact) mass is 293 g/mol. The van der Waals surface area contributed by atoms with Gasteiger partial charge in [0.25, 0.3) is 0 Å². The van der Waals surface area contributed by atoms with E-state index < -0.39 is 15.7 Å². The second kappa shape index (κ2) is 5.46. The van der Waals surface area contributed by atoms with Gasteiger partial charge in [-0.3, -0.25) is 4.79 Å². The number of carbonyl (C=O) groups excluding carboxylic acids is 1. The van der Waals surface area contributed by atoms with Crippen molar-refractivity contribution in [3.63, 3.8) is 0 Å². The van der Waals surface area contributed by atoms with Crippen molar-refractivity contribution in [2.24, 2.45) is 5.73 Å². The van der Waals surface area contributed by atoms with Crippen LogP contribution in [0, 0.1) is 0 Å². The Balaban J connectivity index is 2.37. The number of primary amides is 1. The zero-order valence-corrected chi connectivity index (χ0v) is 11.8. The van der Waals surface area contributed by atoms with E-state index in [1.807, 2.05) is 0 Å². The van der Waals surface area contributed by atoms with Crippen LogP contribution in [0.15, 0.2) is 41.6 Å². The zero-order chi connectivity index (χ0) is 14.8. The summed E-state index contributed by atoms with van der Waals surface area (Å²) in [6.07, 6.45) is 4.69. The Labute approximate surface area is 117 Å². The van der Waals surface area contributed by atoms with Crippen LogP contribution < -0.4 is 5.73 Å². The number of nitrogens with two attached hydrogens (primary N) is 1. The predicted molar refractivity (Wildman–Crippen MR) is 73.8 cm³/mol. The summed E-state index contributed by atoms with van der Waals surface area (Å²) in [6.45, 7) is 0.0242. The molecule has 0 radical (unpaired) electrons. The van der Waals surface area contributed by atoms with Gasteiger partial charge in [-0.05, 0) is 11.6 Å². The molecule has 20 heavy (non-hydrogen) atoms. The Morgan fingerprint density at radius 1 is 1.35 bits per heavy atom. The fourth-order valence-corrected chi connectivity index (χ4v) is 2.94. The average Bonchev–Trinajstić information content (AvgIpc) is 2.75. The van der Waals surface area contributed by atoms with Gasteiger partial charge in [-0.15, -0.1) is 0 Å². The molecule has 0 saturated heterocycles. The van der Waals surface area contributed by atoms with Crippen LogP contribution in [0.3, 0.4) is 0 Å². The lowest BCUT2D eigenvalue weighted by atomic mass is 10.1. The summed E-state index contributed by atoms with van der Waals surface area (Å²) >= 11 is 0. The first-order valence-electron chi connectivity index (χ1n) is 5.94. The number of benzene rings is 1. The average molecular weight is 293 g/mol. The first-order chi connectivity index (χ1) is 9.38. The Kier molecular flexibility index (Phi) is 3.89. The second-order valence-electron chi connectivity index (χ2n) is 4.49. The number of carbonyl (C=O) groups is 1. The van der Waals surface area contributed by atoms with E-state index in [0.29, 0.717) is 17.8 Å². The first kappa shape index (κ1) is 14.3.